The quantitative estimate of drug-likeness (QED) is 0.794. The highest BCUT2D eigenvalue weighted by Gasteiger charge is 2.12. The van der Waals surface area contributed by atoms with Crippen molar-refractivity contribution in [2.45, 2.75) is 20.8 Å². The van der Waals surface area contributed by atoms with E-state index in [1.165, 1.54) is 11.0 Å². The number of amides is 2. The molecule has 0 saturated carbocycles. The van der Waals surface area contributed by atoms with Crippen molar-refractivity contribution >= 4 is 35.2 Å². The van der Waals surface area contributed by atoms with Crippen LogP contribution in [0.3, 0.4) is 0 Å². The molecule has 0 radical (unpaired) electrons. The fraction of sp³-hybridized carbons (Fsp3) is 0.238. The van der Waals surface area contributed by atoms with Crippen LogP contribution in [0.15, 0.2) is 42.5 Å². The number of likely N-dealkylation sites (N-methyl/N-ethyl adjacent to an activating group) is 1. The molecule has 0 aliphatic heterocycles. The first-order valence-electron chi connectivity index (χ1n) is 8.33. The van der Waals surface area contributed by atoms with Gasteiger partial charge in [0.25, 0.3) is 0 Å². The number of nitrogens with one attached hydrogen (secondary N) is 1. The Hall–Kier alpha value is -2.59. The molecule has 0 aliphatic rings. The van der Waals surface area contributed by atoms with Crippen molar-refractivity contribution in [3.63, 3.8) is 0 Å². The average Bonchev–Trinajstić information content (AvgIpc) is 2.59. The van der Waals surface area contributed by atoms with E-state index in [0.717, 1.165) is 27.9 Å². The van der Waals surface area contributed by atoms with Gasteiger partial charge in [-0.05, 0) is 61.2 Å². The van der Waals surface area contributed by atoms with Gasteiger partial charge in [0, 0.05) is 23.8 Å². The maximum atomic E-state index is 12.2. The van der Waals surface area contributed by atoms with Crippen LogP contribution in [-0.4, -0.2) is 30.3 Å². The first kappa shape index (κ1) is 19.7. The molecule has 0 aliphatic carbocycles. The summed E-state index contributed by atoms with van der Waals surface area (Å²) in [5.74, 6) is -0.487. The van der Waals surface area contributed by atoms with Gasteiger partial charge in [-0.1, -0.05) is 35.9 Å². The molecule has 1 N–H and O–H groups in total. The molecule has 0 unspecified atom stereocenters. The maximum absolute atomic E-state index is 12.2. The lowest BCUT2D eigenvalue weighted by Gasteiger charge is -2.16. The third-order valence-corrected chi connectivity index (χ3v) is 4.66. The smallest absolute Gasteiger partial charge is 0.246 e. The SMILES string of the molecule is Cc1ccc(/C=C/C(=O)N(C)CC(=O)Nc2cccc(C)c2C)cc1Cl. The van der Waals surface area contributed by atoms with Gasteiger partial charge in [0.05, 0.1) is 6.54 Å². The topological polar surface area (TPSA) is 49.4 Å². The highest BCUT2D eigenvalue weighted by molar-refractivity contribution is 6.31. The largest absolute Gasteiger partial charge is 0.333 e. The van der Waals surface area contributed by atoms with Crippen molar-refractivity contribution in [2.24, 2.45) is 0 Å². The molecule has 2 aromatic carbocycles. The van der Waals surface area contributed by atoms with Crippen molar-refractivity contribution in [2.75, 3.05) is 18.9 Å². The van der Waals surface area contributed by atoms with Crippen molar-refractivity contribution in [1.29, 1.82) is 0 Å². The number of nitrogens with zero attached hydrogens (tertiary/aromatic N) is 1. The molecular formula is C21H23ClN2O2. The first-order valence-corrected chi connectivity index (χ1v) is 8.71. The van der Waals surface area contributed by atoms with Gasteiger partial charge in [0.1, 0.15) is 0 Å². The highest BCUT2D eigenvalue weighted by Crippen LogP contribution is 2.18. The fourth-order valence-corrected chi connectivity index (χ4v) is 2.57. The van der Waals surface area contributed by atoms with Gasteiger partial charge in [0.2, 0.25) is 11.8 Å². The number of benzene rings is 2. The van der Waals surface area contributed by atoms with Crippen LogP contribution < -0.4 is 5.32 Å². The molecule has 5 heteroatoms. The van der Waals surface area contributed by atoms with E-state index in [1.54, 1.807) is 19.2 Å². The fourth-order valence-electron chi connectivity index (χ4n) is 2.38. The molecule has 0 atom stereocenters. The van der Waals surface area contributed by atoms with Gasteiger partial charge in [-0.2, -0.15) is 0 Å². The zero-order valence-electron chi connectivity index (χ0n) is 15.5. The van der Waals surface area contributed by atoms with Gasteiger partial charge < -0.3 is 10.2 Å². The van der Waals surface area contributed by atoms with E-state index < -0.39 is 0 Å². The zero-order chi connectivity index (χ0) is 19.3. The van der Waals surface area contributed by atoms with Crippen LogP contribution in [0.25, 0.3) is 6.08 Å². The molecule has 0 bridgehead atoms. The third-order valence-electron chi connectivity index (χ3n) is 4.25. The van der Waals surface area contributed by atoms with Crippen molar-refractivity contribution < 1.29 is 9.59 Å². The number of hydrogen-bond acceptors (Lipinski definition) is 2. The number of anilines is 1. The van der Waals surface area contributed by atoms with E-state index >= 15 is 0 Å². The zero-order valence-corrected chi connectivity index (χ0v) is 16.2. The molecule has 2 amide bonds. The number of carbonyl (C=O) groups excluding carboxylic acids is 2. The lowest BCUT2D eigenvalue weighted by Crippen LogP contribution is -2.34. The van der Waals surface area contributed by atoms with E-state index in [-0.39, 0.29) is 18.4 Å². The van der Waals surface area contributed by atoms with Gasteiger partial charge in [-0.25, -0.2) is 0 Å². The van der Waals surface area contributed by atoms with Gasteiger partial charge in [-0.3, -0.25) is 9.59 Å². The predicted octanol–water partition coefficient (Wildman–Crippen LogP) is 4.38. The Labute approximate surface area is 159 Å². The molecule has 4 nitrogen and oxygen atoms in total. The molecule has 0 fully saturated rings. The van der Waals surface area contributed by atoms with Crippen LogP contribution >= 0.6 is 11.6 Å². The van der Waals surface area contributed by atoms with E-state index in [2.05, 4.69) is 5.32 Å². The molecule has 0 saturated heterocycles. The average molecular weight is 371 g/mol. The number of halogens is 1. The number of aryl methyl sites for hydroxylation is 2. The minimum Gasteiger partial charge on any atom is -0.333 e. The Morgan fingerprint density at radius 2 is 1.85 bits per heavy atom. The Morgan fingerprint density at radius 3 is 2.54 bits per heavy atom. The summed E-state index contributed by atoms with van der Waals surface area (Å²) in [6, 6.07) is 11.3. The summed E-state index contributed by atoms with van der Waals surface area (Å²) in [5, 5.41) is 3.50. The monoisotopic (exact) mass is 370 g/mol. The molecule has 0 spiro atoms. The van der Waals surface area contributed by atoms with Crippen LogP contribution in [0, 0.1) is 20.8 Å². The van der Waals surface area contributed by atoms with E-state index in [1.807, 2.05) is 51.1 Å². The van der Waals surface area contributed by atoms with Crippen LogP contribution in [-0.2, 0) is 9.59 Å². The lowest BCUT2D eigenvalue weighted by molar-refractivity contribution is -0.129. The molecule has 26 heavy (non-hydrogen) atoms. The summed E-state index contributed by atoms with van der Waals surface area (Å²) < 4.78 is 0. The number of hydrogen-bond donors (Lipinski definition) is 1. The van der Waals surface area contributed by atoms with Crippen molar-refractivity contribution in [3.8, 4) is 0 Å². The van der Waals surface area contributed by atoms with E-state index in [0.29, 0.717) is 5.02 Å². The predicted molar refractivity (Wildman–Crippen MR) is 107 cm³/mol. The Balaban J connectivity index is 1.95. The second kappa shape index (κ2) is 8.68. The molecule has 2 aromatic rings. The number of rotatable bonds is 5. The second-order valence-corrected chi connectivity index (χ2v) is 6.74. The van der Waals surface area contributed by atoms with Crippen molar-refractivity contribution in [1.82, 2.24) is 4.90 Å². The molecule has 0 heterocycles. The van der Waals surface area contributed by atoms with Gasteiger partial charge in [-0.15, -0.1) is 0 Å². The normalized spacial score (nSPS) is 10.8. The minimum absolute atomic E-state index is 0.0226. The Kier molecular flexibility index (Phi) is 6.58. The summed E-state index contributed by atoms with van der Waals surface area (Å²) in [7, 11) is 1.59. The highest BCUT2D eigenvalue weighted by atomic mass is 35.5. The van der Waals surface area contributed by atoms with E-state index in [4.69, 9.17) is 11.6 Å². The summed E-state index contributed by atoms with van der Waals surface area (Å²) in [6.45, 7) is 5.84. The number of carbonyl (C=O) groups is 2. The van der Waals surface area contributed by atoms with Gasteiger partial charge >= 0.3 is 0 Å². The van der Waals surface area contributed by atoms with Crippen LogP contribution in [0.5, 0.6) is 0 Å². The summed E-state index contributed by atoms with van der Waals surface area (Å²) >= 11 is 6.08. The maximum Gasteiger partial charge on any atom is 0.246 e. The second-order valence-electron chi connectivity index (χ2n) is 6.33. The Morgan fingerprint density at radius 1 is 1.12 bits per heavy atom. The minimum atomic E-state index is -0.252. The molecule has 136 valence electrons. The van der Waals surface area contributed by atoms with E-state index in [9.17, 15) is 9.59 Å². The van der Waals surface area contributed by atoms with Crippen LogP contribution in [0.4, 0.5) is 5.69 Å². The first-order chi connectivity index (χ1) is 12.3. The molecular weight excluding hydrogens is 348 g/mol. The lowest BCUT2D eigenvalue weighted by atomic mass is 10.1. The summed E-state index contributed by atoms with van der Waals surface area (Å²) in [4.78, 5) is 25.8. The Bertz CT molecular complexity index is 859. The summed E-state index contributed by atoms with van der Waals surface area (Å²) in [5.41, 5.74) is 4.70. The van der Waals surface area contributed by atoms with Crippen molar-refractivity contribution in [3.05, 3.63) is 69.8 Å². The van der Waals surface area contributed by atoms with Crippen LogP contribution in [0.2, 0.25) is 5.02 Å². The molecule has 2 rings (SSSR count). The van der Waals surface area contributed by atoms with Crippen LogP contribution in [0.1, 0.15) is 22.3 Å². The standard InChI is InChI=1S/C21H23ClN2O2/c1-14-6-5-7-19(16(14)3)23-20(25)13-24(4)21(26)11-10-17-9-8-15(2)18(22)12-17/h5-12H,13H2,1-4H3,(H,23,25)/b11-10+. The third kappa shape index (κ3) is 5.20. The van der Waals surface area contributed by atoms with Gasteiger partial charge in [0.15, 0.2) is 0 Å². The molecule has 0 aromatic heterocycles. The summed E-state index contributed by atoms with van der Waals surface area (Å²) in [6.07, 6.45) is 3.12.